The van der Waals surface area contributed by atoms with Crippen molar-refractivity contribution < 1.29 is 0 Å². The number of benzene rings is 1. The third-order valence-electron chi connectivity index (χ3n) is 3.63. The Balaban J connectivity index is 1.83. The van der Waals surface area contributed by atoms with E-state index in [1.807, 2.05) is 0 Å². The molecule has 1 aromatic rings. The molecule has 0 radical (unpaired) electrons. The highest BCUT2D eigenvalue weighted by molar-refractivity contribution is 9.10. The highest BCUT2D eigenvalue weighted by Gasteiger charge is 2.22. The quantitative estimate of drug-likeness (QED) is 0.756. The van der Waals surface area contributed by atoms with Gasteiger partial charge in [0.05, 0.1) is 0 Å². The normalized spacial score (nSPS) is 18.4. The Hall–Kier alpha value is -0.340. The van der Waals surface area contributed by atoms with Crippen LogP contribution in [0.5, 0.6) is 0 Å². The number of nitrogens with one attached hydrogen (secondary N) is 1. The summed E-state index contributed by atoms with van der Waals surface area (Å²) in [5.41, 5.74) is 3.02. The summed E-state index contributed by atoms with van der Waals surface area (Å²) in [7, 11) is 0. The van der Waals surface area contributed by atoms with E-state index in [0.717, 1.165) is 6.54 Å². The second-order valence-corrected chi connectivity index (χ2v) is 5.77. The number of hydrogen-bond donors (Lipinski definition) is 1. The van der Waals surface area contributed by atoms with Crippen LogP contribution < -0.4 is 5.32 Å². The van der Waals surface area contributed by atoms with Crippen LogP contribution in [0.2, 0.25) is 0 Å². The van der Waals surface area contributed by atoms with E-state index in [-0.39, 0.29) is 0 Å². The van der Waals surface area contributed by atoms with Gasteiger partial charge in [-0.25, -0.2) is 0 Å². The molecule has 0 aliphatic heterocycles. The Morgan fingerprint density at radius 3 is 3.00 bits per heavy atom. The van der Waals surface area contributed by atoms with Crippen molar-refractivity contribution in [3.63, 3.8) is 0 Å². The minimum absolute atomic E-state index is 0.587. The van der Waals surface area contributed by atoms with E-state index in [1.165, 1.54) is 54.1 Å². The molecule has 1 atom stereocenters. The maximum absolute atomic E-state index is 3.70. The Kier molecular flexibility index (Phi) is 5.05. The molecule has 1 aliphatic carbocycles. The molecule has 0 heterocycles. The van der Waals surface area contributed by atoms with Crippen molar-refractivity contribution in [2.45, 2.75) is 51.5 Å². The average molecular weight is 296 g/mol. The van der Waals surface area contributed by atoms with Gasteiger partial charge in [0, 0.05) is 10.5 Å². The van der Waals surface area contributed by atoms with Crippen molar-refractivity contribution in [3.05, 3.63) is 33.8 Å². The number of rotatable bonds is 6. The van der Waals surface area contributed by atoms with Crippen LogP contribution in [-0.4, -0.2) is 6.54 Å². The van der Waals surface area contributed by atoms with Gasteiger partial charge in [-0.15, -0.1) is 0 Å². The first-order valence-electron chi connectivity index (χ1n) is 6.83. The van der Waals surface area contributed by atoms with Crippen LogP contribution in [0.15, 0.2) is 22.7 Å². The van der Waals surface area contributed by atoms with Crippen LogP contribution in [0, 0.1) is 0 Å². The summed E-state index contributed by atoms with van der Waals surface area (Å²) in [5.74, 6) is 0. The first kappa shape index (κ1) is 13.1. The molecule has 0 saturated heterocycles. The van der Waals surface area contributed by atoms with Gasteiger partial charge in [-0.1, -0.05) is 54.2 Å². The Morgan fingerprint density at radius 2 is 2.18 bits per heavy atom. The van der Waals surface area contributed by atoms with Gasteiger partial charge in [-0.2, -0.15) is 0 Å². The zero-order chi connectivity index (χ0) is 12.1. The minimum Gasteiger partial charge on any atom is -0.310 e. The van der Waals surface area contributed by atoms with Crippen molar-refractivity contribution in [1.29, 1.82) is 0 Å². The summed E-state index contributed by atoms with van der Waals surface area (Å²) in [6.07, 6.45) is 7.83. The average Bonchev–Trinajstić information content (AvgIpc) is 2.74. The third kappa shape index (κ3) is 3.32. The number of unbranched alkanes of at least 4 members (excludes halogenated alkanes) is 3. The molecule has 94 valence electrons. The fourth-order valence-corrected chi connectivity index (χ4v) is 3.23. The van der Waals surface area contributed by atoms with Crippen LogP contribution in [0.3, 0.4) is 0 Å². The SMILES string of the molecule is CCCCCCNC1CCc2c(Br)cccc21. The molecule has 0 amide bonds. The molecule has 1 nitrogen and oxygen atoms in total. The van der Waals surface area contributed by atoms with Crippen molar-refractivity contribution in [2.24, 2.45) is 0 Å². The van der Waals surface area contributed by atoms with E-state index in [0.29, 0.717) is 6.04 Å². The topological polar surface area (TPSA) is 12.0 Å². The lowest BCUT2D eigenvalue weighted by molar-refractivity contribution is 0.506. The van der Waals surface area contributed by atoms with Crippen molar-refractivity contribution in [2.75, 3.05) is 6.54 Å². The number of hydrogen-bond acceptors (Lipinski definition) is 1. The third-order valence-corrected chi connectivity index (χ3v) is 4.38. The predicted octanol–water partition coefficient (Wildman–Crippen LogP) is 4.61. The molecule has 0 saturated carbocycles. The molecule has 1 N–H and O–H groups in total. The second kappa shape index (κ2) is 6.55. The van der Waals surface area contributed by atoms with Gasteiger partial charge in [0.15, 0.2) is 0 Å². The molecule has 17 heavy (non-hydrogen) atoms. The number of halogens is 1. The zero-order valence-electron chi connectivity index (χ0n) is 10.6. The van der Waals surface area contributed by atoms with E-state index >= 15 is 0 Å². The lowest BCUT2D eigenvalue weighted by Crippen LogP contribution is -2.20. The van der Waals surface area contributed by atoms with Crippen LogP contribution in [0.25, 0.3) is 0 Å². The molecule has 0 bridgehead atoms. The van der Waals surface area contributed by atoms with Gasteiger partial charge in [0.25, 0.3) is 0 Å². The van der Waals surface area contributed by atoms with Gasteiger partial charge < -0.3 is 5.32 Å². The Labute approximate surface area is 113 Å². The van der Waals surface area contributed by atoms with Crippen molar-refractivity contribution in [3.8, 4) is 0 Å². The first-order valence-corrected chi connectivity index (χ1v) is 7.63. The molecule has 0 spiro atoms. The molecule has 1 unspecified atom stereocenters. The Bertz CT molecular complexity index is 362. The Morgan fingerprint density at radius 1 is 1.29 bits per heavy atom. The molecular formula is C15H22BrN. The predicted molar refractivity (Wildman–Crippen MR) is 77.3 cm³/mol. The lowest BCUT2D eigenvalue weighted by atomic mass is 10.1. The molecule has 0 aromatic heterocycles. The molecular weight excluding hydrogens is 274 g/mol. The summed E-state index contributed by atoms with van der Waals surface area (Å²) >= 11 is 3.65. The van der Waals surface area contributed by atoms with E-state index in [1.54, 1.807) is 0 Å². The summed E-state index contributed by atoms with van der Waals surface area (Å²) < 4.78 is 1.28. The van der Waals surface area contributed by atoms with Crippen molar-refractivity contribution >= 4 is 15.9 Å². The van der Waals surface area contributed by atoms with E-state index in [4.69, 9.17) is 0 Å². The monoisotopic (exact) mass is 295 g/mol. The second-order valence-electron chi connectivity index (χ2n) is 4.91. The van der Waals surface area contributed by atoms with E-state index < -0.39 is 0 Å². The summed E-state index contributed by atoms with van der Waals surface area (Å²) in [4.78, 5) is 0. The van der Waals surface area contributed by atoms with Crippen LogP contribution in [-0.2, 0) is 6.42 Å². The molecule has 1 aromatic carbocycles. The van der Waals surface area contributed by atoms with Gasteiger partial charge in [-0.3, -0.25) is 0 Å². The molecule has 2 heteroatoms. The fourth-order valence-electron chi connectivity index (χ4n) is 2.65. The number of fused-ring (bicyclic) bond motifs is 1. The molecule has 1 aliphatic rings. The summed E-state index contributed by atoms with van der Waals surface area (Å²) in [5, 5.41) is 3.70. The van der Waals surface area contributed by atoms with Gasteiger partial charge in [-0.05, 0) is 43.0 Å². The first-order chi connectivity index (χ1) is 8.33. The smallest absolute Gasteiger partial charge is 0.0326 e. The van der Waals surface area contributed by atoms with Gasteiger partial charge >= 0.3 is 0 Å². The highest BCUT2D eigenvalue weighted by atomic mass is 79.9. The lowest BCUT2D eigenvalue weighted by Gasteiger charge is -2.14. The van der Waals surface area contributed by atoms with Crippen LogP contribution >= 0.6 is 15.9 Å². The highest BCUT2D eigenvalue weighted by Crippen LogP contribution is 2.35. The maximum atomic E-state index is 3.70. The molecule has 0 fully saturated rings. The molecule has 2 rings (SSSR count). The minimum atomic E-state index is 0.587. The summed E-state index contributed by atoms with van der Waals surface area (Å²) in [6, 6.07) is 7.17. The fraction of sp³-hybridized carbons (Fsp3) is 0.600. The van der Waals surface area contributed by atoms with Gasteiger partial charge in [0.1, 0.15) is 0 Å². The van der Waals surface area contributed by atoms with E-state index in [2.05, 4.69) is 46.4 Å². The van der Waals surface area contributed by atoms with Gasteiger partial charge in [0.2, 0.25) is 0 Å². The zero-order valence-corrected chi connectivity index (χ0v) is 12.2. The van der Waals surface area contributed by atoms with Crippen molar-refractivity contribution in [1.82, 2.24) is 5.32 Å². The standard InChI is InChI=1S/C15H22BrN/c1-2-3-4-5-11-17-15-10-9-12-13(15)7-6-8-14(12)16/h6-8,15,17H,2-5,9-11H2,1H3. The van der Waals surface area contributed by atoms with Crippen LogP contribution in [0.1, 0.15) is 56.2 Å². The summed E-state index contributed by atoms with van der Waals surface area (Å²) in [6.45, 7) is 3.43. The van der Waals surface area contributed by atoms with E-state index in [9.17, 15) is 0 Å². The maximum Gasteiger partial charge on any atom is 0.0326 e. The largest absolute Gasteiger partial charge is 0.310 e. The van der Waals surface area contributed by atoms with Crippen LogP contribution in [0.4, 0.5) is 0 Å².